The molecular weight excluding hydrogens is 271 g/mol. The number of anilines is 1. The van der Waals surface area contributed by atoms with Gasteiger partial charge in [0.25, 0.3) is 5.91 Å². The van der Waals surface area contributed by atoms with Gasteiger partial charge in [-0.15, -0.1) is 0 Å². The molecule has 0 aliphatic carbocycles. The van der Waals surface area contributed by atoms with Crippen LogP contribution in [0.15, 0.2) is 36.0 Å². The van der Waals surface area contributed by atoms with E-state index in [0.717, 1.165) is 13.1 Å². The molecule has 1 saturated heterocycles. The summed E-state index contributed by atoms with van der Waals surface area (Å²) >= 11 is 0. The second-order valence-electron chi connectivity index (χ2n) is 4.92. The number of rotatable bonds is 3. The topological polar surface area (TPSA) is 59.4 Å². The molecule has 0 aromatic heterocycles. The first kappa shape index (κ1) is 15.0. The zero-order valence-electron chi connectivity index (χ0n) is 11.8. The van der Waals surface area contributed by atoms with Crippen LogP contribution in [-0.2, 0) is 4.79 Å². The molecule has 1 aliphatic heterocycles. The van der Waals surface area contributed by atoms with Gasteiger partial charge in [-0.1, -0.05) is 0 Å². The van der Waals surface area contributed by atoms with Gasteiger partial charge < -0.3 is 15.1 Å². The van der Waals surface area contributed by atoms with Crippen molar-refractivity contribution < 1.29 is 9.18 Å². The molecule has 0 unspecified atom stereocenters. The number of piperazine rings is 1. The molecule has 1 heterocycles. The maximum Gasteiger partial charge on any atom is 0.266 e. The third-order valence-electron chi connectivity index (χ3n) is 3.37. The first-order chi connectivity index (χ1) is 10.1. The number of benzene rings is 1. The highest BCUT2D eigenvalue weighted by molar-refractivity contribution is 5.97. The average molecular weight is 288 g/mol. The molecule has 110 valence electrons. The summed E-state index contributed by atoms with van der Waals surface area (Å²) in [6.45, 7) is 2.83. The van der Waals surface area contributed by atoms with Crippen molar-refractivity contribution in [3.05, 3.63) is 41.9 Å². The molecule has 21 heavy (non-hydrogen) atoms. The van der Waals surface area contributed by atoms with Gasteiger partial charge in [0.2, 0.25) is 0 Å². The van der Waals surface area contributed by atoms with Gasteiger partial charge in [-0.05, 0) is 31.3 Å². The molecule has 0 atom stereocenters. The van der Waals surface area contributed by atoms with Crippen LogP contribution < -0.4 is 5.32 Å². The van der Waals surface area contributed by atoms with Crippen molar-refractivity contribution in [3.8, 4) is 6.07 Å². The number of amides is 1. The van der Waals surface area contributed by atoms with Crippen LogP contribution >= 0.6 is 0 Å². The van der Waals surface area contributed by atoms with E-state index in [1.807, 2.05) is 13.1 Å². The maximum atomic E-state index is 12.8. The Bertz CT molecular complexity index is 568. The Morgan fingerprint density at radius 2 is 1.90 bits per heavy atom. The Morgan fingerprint density at radius 1 is 1.29 bits per heavy atom. The lowest BCUT2D eigenvalue weighted by molar-refractivity contribution is -0.128. The lowest BCUT2D eigenvalue weighted by Gasteiger charge is -2.32. The number of nitrogens with one attached hydrogen (secondary N) is 1. The number of carbonyl (C=O) groups is 1. The van der Waals surface area contributed by atoms with Crippen molar-refractivity contribution >= 4 is 11.6 Å². The van der Waals surface area contributed by atoms with Gasteiger partial charge in [0.1, 0.15) is 17.5 Å². The second kappa shape index (κ2) is 6.86. The van der Waals surface area contributed by atoms with Gasteiger partial charge in [-0.25, -0.2) is 4.39 Å². The fourth-order valence-corrected chi connectivity index (χ4v) is 2.02. The van der Waals surface area contributed by atoms with Crippen LogP contribution in [0.2, 0.25) is 0 Å². The van der Waals surface area contributed by atoms with Crippen LogP contribution in [0.5, 0.6) is 0 Å². The molecule has 0 saturated carbocycles. The van der Waals surface area contributed by atoms with Gasteiger partial charge in [0.15, 0.2) is 0 Å². The van der Waals surface area contributed by atoms with Crippen LogP contribution in [-0.4, -0.2) is 48.9 Å². The predicted octanol–water partition coefficient (Wildman–Crippen LogP) is 1.42. The van der Waals surface area contributed by atoms with E-state index in [4.69, 9.17) is 5.26 Å². The Balaban J connectivity index is 2.01. The number of hydrogen-bond acceptors (Lipinski definition) is 4. The SMILES string of the molecule is CN1CCN(C(=O)/C(C#N)=C\Nc2ccc(F)cc2)CC1. The Kier molecular flexibility index (Phi) is 4.90. The Hall–Kier alpha value is -2.39. The number of likely N-dealkylation sites (N-methyl/N-ethyl adjacent to an activating group) is 1. The normalized spacial score (nSPS) is 16.4. The van der Waals surface area contributed by atoms with Gasteiger partial charge in [-0.3, -0.25) is 4.79 Å². The van der Waals surface area contributed by atoms with Crippen LogP contribution in [0.1, 0.15) is 0 Å². The van der Waals surface area contributed by atoms with Gasteiger partial charge in [0.05, 0.1) is 0 Å². The first-order valence-electron chi connectivity index (χ1n) is 6.70. The van der Waals surface area contributed by atoms with Crippen molar-refractivity contribution in [2.45, 2.75) is 0 Å². The molecule has 1 aromatic rings. The fourth-order valence-electron chi connectivity index (χ4n) is 2.02. The van der Waals surface area contributed by atoms with E-state index in [2.05, 4.69) is 10.2 Å². The molecule has 6 heteroatoms. The third-order valence-corrected chi connectivity index (χ3v) is 3.37. The second-order valence-corrected chi connectivity index (χ2v) is 4.92. The summed E-state index contributed by atoms with van der Waals surface area (Å²) in [7, 11) is 2.00. The lowest BCUT2D eigenvalue weighted by Crippen LogP contribution is -2.47. The minimum atomic E-state index is -0.335. The first-order valence-corrected chi connectivity index (χ1v) is 6.70. The molecule has 0 bridgehead atoms. The number of hydrogen-bond donors (Lipinski definition) is 1. The molecule has 2 rings (SSSR count). The summed E-state index contributed by atoms with van der Waals surface area (Å²) in [6.07, 6.45) is 1.37. The molecule has 1 amide bonds. The van der Waals surface area contributed by atoms with Crippen molar-refractivity contribution in [1.29, 1.82) is 5.26 Å². The minimum Gasteiger partial charge on any atom is -0.360 e. The monoisotopic (exact) mass is 288 g/mol. The summed E-state index contributed by atoms with van der Waals surface area (Å²) < 4.78 is 12.8. The van der Waals surface area contributed by atoms with E-state index in [1.165, 1.54) is 18.3 Å². The van der Waals surface area contributed by atoms with Crippen molar-refractivity contribution in [3.63, 3.8) is 0 Å². The van der Waals surface area contributed by atoms with E-state index in [0.29, 0.717) is 18.8 Å². The number of nitriles is 1. The van der Waals surface area contributed by atoms with Crippen molar-refractivity contribution in [1.82, 2.24) is 9.80 Å². The lowest BCUT2D eigenvalue weighted by atomic mass is 10.2. The number of halogens is 1. The van der Waals surface area contributed by atoms with Gasteiger partial charge in [0, 0.05) is 38.1 Å². The highest BCUT2D eigenvalue weighted by Gasteiger charge is 2.21. The summed E-state index contributed by atoms with van der Waals surface area (Å²) in [5.74, 6) is -0.612. The van der Waals surface area contributed by atoms with E-state index < -0.39 is 0 Å². The molecule has 5 nitrogen and oxygen atoms in total. The zero-order chi connectivity index (χ0) is 15.2. The summed E-state index contributed by atoms with van der Waals surface area (Å²) in [4.78, 5) is 16.0. The van der Waals surface area contributed by atoms with Crippen LogP contribution in [0, 0.1) is 17.1 Å². The summed E-state index contributed by atoms with van der Waals surface area (Å²) in [6, 6.07) is 7.62. The van der Waals surface area contributed by atoms with Gasteiger partial charge >= 0.3 is 0 Å². The third kappa shape index (κ3) is 4.04. The zero-order valence-corrected chi connectivity index (χ0v) is 11.8. The summed E-state index contributed by atoms with van der Waals surface area (Å²) in [5, 5.41) is 12.0. The van der Waals surface area contributed by atoms with Gasteiger partial charge in [-0.2, -0.15) is 5.26 Å². The Labute approximate surface area is 123 Å². The van der Waals surface area contributed by atoms with Crippen LogP contribution in [0.4, 0.5) is 10.1 Å². The van der Waals surface area contributed by atoms with Crippen molar-refractivity contribution in [2.24, 2.45) is 0 Å². The fraction of sp³-hybridized carbons (Fsp3) is 0.333. The van der Waals surface area contributed by atoms with Crippen LogP contribution in [0.3, 0.4) is 0 Å². The average Bonchev–Trinajstić information content (AvgIpc) is 2.50. The molecular formula is C15H17FN4O. The Morgan fingerprint density at radius 3 is 2.48 bits per heavy atom. The predicted molar refractivity (Wildman–Crippen MR) is 77.8 cm³/mol. The highest BCUT2D eigenvalue weighted by Crippen LogP contribution is 2.10. The largest absolute Gasteiger partial charge is 0.360 e. The smallest absolute Gasteiger partial charge is 0.266 e. The molecule has 0 radical (unpaired) electrons. The number of nitrogens with zero attached hydrogens (tertiary/aromatic N) is 3. The van der Waals surface area contributed by atoms with Crippen molar-refractivity contribution in [2.75, 3.05) is 38.5 Å². The van der Waals surface area contributed by atoms with Crippen LogP contribution in [0.25, 0.3) is 0 Å². The standard InChI is InChI=1S/C15H17FN4O/c1-19-6-8-20(9-7-19)15(21)12(10-17)11-18-14-4-2-13(16)3-5-14/h2-5,11,18H,6-9H2,1H3/b12-11-. The highest BCUT2D eigenvalue weighted by atomic mass is 19.1. The number of carbonyl (C=O) groups excluding carboxylic acids is 1. The molecule has 1 aliphatic rings. The summed E-state index contributed by atoms with van der Waals surface area (Å²) in [5.41, 5.74) is 0.666. The van der Waals surface area contributed by atoms with E-state index in [1.54, 1.807) is 17.0 Å². The minimum absolute atomic E-state index is 0.0453. The molecule has 1 N–H and O–H groups in total. The molecule has 0 spiro atoms. The van der Waals surface area contributed by atoms with E-state index in [-0.39, 0.29) is 17.3 Å². The molecule has 1 aromatic carbocycles. The van der Waals surface area contributed by atoms with E-state index >= 15 is 0 Å². The molecule has 1 fully saturated rings. The maximum absolute atomic E-state index is 12.8. The quantitative estimate of drug-likeness (QED) is 0.675. The van der Waals surface area contributed by atoms with E-state index in [9.17, 15) is 9.18 Å².